The number of amides is 2. The van der Waals surface area contributed by atoms with Crippen LogP contribution in [0.4, 0.5) is 5.82 Å². The van der Waals surface area contributed by atoms with Gasteiger partial charge in [0.2, 0.25) is 5.91 Å². The van der Waals surface area contributed by atoms with Crippen LogP contribution in [-0.4, -0.2) is 81.0 Å². The molecular formula is C40H39N7O7. The average molecular weight is 730 g/mol. The van der Waals surface area contributed by atoms with E-state index >= 15 is 0 Å². The van der Waals surface area contributed by atoms with Crippen molar-refractivity contribution in [1.29, 1.82) is 0 Å². The number of nitrogens with one attached hydrogen (secondary N) is 1. The minimum Gasteiger partial charge on any atom is -0.440 e. The summed E-state index contributed by atoms with van der Waals surface area (Å²) in [5, 5.41) is 2.98. The van der Waals surface area contributed by atoms with Gasteiger partial charge in [0, 0.05) is 37.8 Å². The Bertz CT molecular complexity index is 2230. The lowest BCUT2D eigenvalue weighted by Crippen LogP contribution is -2.37. The molecule has 1 unspecified atom stereocenters. The fourth-order valence-corrected chi connectivity index (χ4v) is 6.91. The molecule has 2 amide bonds. The standard InChI is InChI=1S/C40H39N7O7/c1-39(2)52-33-28(50-38(34(33)53-39)47-23-45-31-35(41)43-22-44-36(31)47)16-11-19-42-37(49)27-20-24(17-18-30(48)46(3)4)21-29-32(27)54-40(51-29,25-12-7-5-8-13-25)26-14-9-6-10-15-26/h5-18,20-23,28,33-34,38H,19H2,1-4H3,(H,42,49)(H2,41,43,44)/t28-,33?,34+,38-/m1/s1. The molecule has 276 valence electrons. The van der Waals surface area contributed by atoms with E-state index in [0.29, 0.717) is 22.5 Å². The van der Waals surface area contributed by atoms with Crippen LogP contribution >= 0.6 is 0 Å². The van der Waals surface area contributed by atoms with Crippen molar-refractivity contribution in [2.45, 2.75) is 50.0 Å². The highest BCUT2D eigenvalue weighted by molar-refractivity contribution is 5.99. The van der Waals surface area contributed by atoms with E-state index in [0.717, 1.165) is 11.1 Å². The van der Waals surface area contributed by atoms with Crippen LogP contribution in [0.3, 0.4) is 0 Å². The van der Waals surface area contributed by atoms with E-state index in [1.54, 1.807) is 49.3 Å². The summed E-state index contributed by atoms with van der Waals surface area (Å²) >= 11 is 0. The van der Waals surface area contributed by atoms with Crippen LogP contribution in [0.1, 0.15) is 47.1 Å². The monoisotopic (exact) mass is 729 g/mol. The van der Waals surface area contributed by atoms with Crippen LogP contribution < -0.4 is 20.5 Å². The molecule has 2 aromatic heterocycles. The molecule has 2 saturated heterocycles. The van der Waals surface area contributed by atoms with Crippen molar-refractivity contribution in [2.24, 2.45) is 0 Å². The van der Waals surface area contributed by atoms with E-state index in [4.69, 9.17) is 29.4 Å². The van der Waals surface area contributed by atoms with Crippen LogP contribution in [0.2, 0.25) is 0 Å². The second-order valence-electron chi connectivity index (χ2n) is 13.8. The first-order chi connectivity index (χ1) is 26.0. The smallest absolute Gasteiger partial charge is 0.305 e. The molecule has 3 aromatic carbocycles. The molecule has 5 heterocycles. The maximum atomic E-state index is 14.0. The highest BCUT2D eigenvalue weighted by Crippen LogP contribution is 2.50. The molecule has 0 radical (unpaired) electrons. The van der Waals surface area contributed by atoms with Crippen molar-refractivity contribution in [1.82, 2.24) is 29.7 Å². The van der Waals surface area contributed by atoms with Gasteiger partial charge in [-0.05, 0) is 37.6 Å². The van der Waals surface area contributed by atoms with Gasteiger partial charge < -0.3 is 39.6 Å². The second-order valence-corrected chi connectivity index (χ2v) is 13.8. The summed E-state index contributed by atoms with van der Waals surface area (Å²) in [5.41, 5.74) is 9.33. The van der Waals surface area contributed by atoms with E-state index in [-0.39, 0.29) is 29.6 Å². The Morgan fingerprint density at radius 3 is 2.35 bits per heavy atom. The molecule has 0 spiro atoms. The summed E-state index contributed by atoms with van der Waals surface area (Å²) in [7, 11) is 3.34. The van der Waals surface area contributed by atoms with Crippen LogP contribution in [0, 0.1) is 0 Å². The molecule has 2 fully saturated rings. The molecule has 8 rings (SSSR count). The largest absolute Gasteiger partial charge is 0.440 e. The van der Waals surface area contributed by atoms with Crippen molar-refractivity contribution in [3.63, 3.8) is 0 Å². The van der Waals surface area contributed by atoms with E-state index in [1.807, 2.05) is 80.6 Å². The van der Waals surface area contributed by atoms with E-state index in [9.17, 15) is 9.59 Å². The first-order valence-electron chi connectivity index (χ1n) is 17.5. The minimum atomic E-state index is -1.36. The summed E-state index contributed by atoms with van der Waals surface area (Å²) < 4.78 is 34.1. The van der Waals surface area contributed by atoms with Gasteiger partial charge in [-0.2, -0.15) is 0 Å². The Kier molecular flexibility index (Phi) is 8.88. The molecule has 0 saturated carbocycles. The van der Waals surface area contributed by atoms with Gasteiger partial charge in [-0.25, -0.2) is 15.0 Å². The van der Waals surface area contributed by atoms with Gasteiger partial charge in [0.1, 0.15) is 30.2 Å². The van der Waals surface area contributed by atoms with Gasteiger partial charge in [-0.3, -0.25) is 14.2 Å². The minimum absolute atomic E-state index is 0.153. The molecule has 0 bridgehead atoms. The molecule has 14 heteroatoms. The number of likely N-dealkylation sites (N-methyl/N-ethyl adjacent to an activating group) is 1. The Morgan fingerprint density at radius 2 is 1.65 bits per heavy atom. The number of aromatic nitrogens is 4. The highest BCUT2D eigenvalue weighted by atomic mass is 16.8. The molecule has 4 atom stereocenters. The third-order valence-corrected chi connectivity index (χ3v) is 9.42. The number of hydrogen-bond acceptors (Lipinski definition) is 11. The Hall–Kier alpha value is -6.09. The molecule has 3 aliphatic heterocycles. The molecule has 0 aliphatic carbocycles. The van der Waals surface area contributed by atoms with E-state index < -0.39 is 42.0 Å². The number of rotatable bonds is 9. The van der Waals surface area contributed by atoms with Crippen molar-refractivity contribution >= 4 is 34.9 Å². The third-order valence-electron chi connectivity index (χ3n) is 9.42. The number of hydrogen-bond donors (Lipinski definition) is 2. The predicted molar refractivity (Wildman–Crippen MR) is 198 cm³/mol. The lowest BCUT2D eigenvalue weighted by Gasteiger charge is -2.28. The fraction of sp³-hybridized carbons (Fsp3) is 0.275. The molecule has 5 aromatic rings. The molecule has 54 heavy (non-hydrogen) atoms. The zero-order valence-electron chi connectivity index (χ0n) is 30.1. The van der Waals surface area contributed by atoms with E-state index in [2.05, 4.69) is 20.3 Å². The Balaban J connectivity index is 1.06. The molecule has 14 nitrogen and oxygen atoms in total. The fourth-order valence-electron chi connectivity index (χ4n) is 6.91. The maximum Gasteiger partial charge on any atom is 0.305 e. The third kappa shape index (κ3) is 6.33. The highest BCUT2D eigenvalue weighted by Gasteiger charge is 2.55. The quantitative estimate of drug-likeness (QED) is 0.161. The summed E-state index contributed by atoms with van der Waals surface area (Å²) in [5.74, 6) is -1.91. The van der Waals surface area contributed by atoms with Gasteiger partial charge in [0.15, 0.2) is 35.0 Å². The lowest BCUT2D eigenvalue weighted by atomic mass is 9.97. The number of carbonyl (C=O) groups excluding carboxylic acids is 2. The number of nitrogens with zero attached hydrogens (tertiary/aromatic N) is 5. The predicted octanol–water partition coefficient (Wildman–Crippen LogP) is 4.59. The first kappa shape index (κ1) is 35.0. The summed E-state index contributed by atoms with van der Waals surface area (Å²) in [4.78, 5) is 40.7. The first-order valence-corrected chi connectivity index (χ1v) is 17.5. The number of benzene rings is 3. The number of ether oxygens (including phenoxy) is 5. The number of anilines is 1. The van der Waals surface area contributed by atoms with Gasteiger partial charge in [-0.1, -0.05) is 72.8 Å². The summed E-state index contributed by atoms with van der Waals surface area (Å²) in [6, 6.07) is 22.5. The molecule has 3 N–H and O–H groups in total. The van der Waals surface area contributed by atoms with Gasteiger partial charge in [-0.15, -0.1) is 0 Å². The maximum absolute atomic E-state index is 14.0. The SMILES string of the molecule is CN(C)C(=O)C=Cc1cc2c(c(C(=O)NCC=C[C@H]3O[C@@H](n4cnc5c(N)ncnc54)[C@H]4OC(C)(C)OC34)c1)OC(c1ccccc1)(c1ccccc1)O2. The number of nitrogen functional groups attached to an aromatic ring is 1. The number of nitrogens with two attached hydrogens (primary N) is 1. The normalized spacial score (nSPS) is 22.2. The molecule has 3 aliphatic rings. The Labute approximate surface area is 311 Å². The van der Waals surface area contributed by atoms with Crippen molar-refractivity contribution < 1.29 is 33.3 Å². The number of carbonyl (C=O) groups is 2. The van der Waals surface area contributed by atoms with Crippen LogP contribution in [-0.2, 0) is 24.8 Å². The van der Waals surface area contributed by atoms with Crippen LogP contribution in [0.25, 0.3) is 17.2 Å². The second kappa shape index (κ2) is 13.7. The van der Waals surface area contributed by atoms with Gasteiger partial charge >= 0.3 is 5.79 Å². The zero-order chi connectivity index (χ0) is 37.6. The van der Waals surface area contributed by atoms with Crippen molar-refractivity contribution in [2.75, 3.05) is 26.4 Å². The van der Waals surface area contributed by atoms with Crippen molar-refractivity contribution in [3.8, 4) is 11.5 Å². The molecular weight excluding hydrogens is 690 g/mol. The number of imidazole rings is 1. The lowest BCUT2D eigenvalue weighted by molar-refractivity contribution is -0.191. The summed E-state index contributed by atoms with van der Waals surface area (Å²) in [6.45, 7) is 3.85. The van der Waals surface area contributed by atoms with Crippen LogP contribution in [0.5, 0.6) is 11.5 Å². The average Bonchev–Trinajstić information content (AvgIpc) is 3.93. The van der Waals surface area contributed by atoms with E-state index in [1.165, 1.54) is 17.3 Å². The number of fused-ring (bicyclic) bond motifs is 3. The van der Waals surface area contributed by atoms with Gasteiger partial charge in [0.05, 0.1) is 11.9 Å². The summed E-state index contributed by atoms with van der Waals surface area (Å²) in [6.07, 6.45) is 7.68. The topological polar surface area (TPSA) is 165 Å². The Morgan fingerprint density at radius 1 is 0.944 bits per heavy atom. The zero-order valence-corrected chi connectivity index (χ0v) is 30.1. The van der Waals surface area contributed by atoms with Crippen molar-refractivity contribution in [3.05, 3.63) is 126 Å². The van der Waals surface area contributed by atoms with Crippen LogP contribution in [0.15, 0.2) is 104 Å². The van der Waals surface area contributed by atoms with Gasteiger partial charge in [0.25, 0.3) is 5.91 Å².